The molecule has 1 rings (SSSR count). The van der Waals surface area contributed by atoms with Gasteiger partial charge in [-0.25, -0.2) is 0 Å². The Kier molecular flexibility index (Phi) is 15.4. The third kappa shape index (κ3) is 9.04. The van der Waals surface area contributed by atoms with E-state index in [0.29, 0.717) is 6.61 Å². The van der Waals surface area contributed by atoms with Gasteiger partial charge < -0.3 is 20.1 Å². The van der Waals surface area contributed by atoms with Crippen molar-refractivity contribution < 1.29 is 9.47 Å². The van der Waals surface area contributed by atoms with Crippen LogP contribution in [0.3, 0.4) is 0 Å². The molecule has 0 saturated heterocycles. The van der Waals surface area contributed by atoms with Crippen LogP contribution < -0.4 is 20.1 Å². The molecular formula is C15H28Cl2N2O2. The summed E-state index contributed by atoms with van der Waals surface area (Å²) < 4.78 is 10.8. The van der Waals surface area contributed by atoms with Gasteiger partial charge >= 0.3 is 0 Å². The number of hydrogen-bond acceptors (Lipinski definition) is 4. The van der Waals surface area contributed by atoms with E-state index in [1.807, 2.05) is 19.1 Å². The number of nitrogens with one attached hydrogen (secondary N) is 2. The van der Waals surface area contributed by atoms with Gasteiger partial charge in [-0.05, 0) is 50.7 Å². The number of hydrogen-bond donors (Lipinski definition) is 2. The maximum atomic E-state index is 5.50. The third-order valence-corrected chi connectivity index (χ3v) is 2.81. The first-order valence-electron chi connectivity index (χ1n) is 7.03. The number of ether oxygens (including phenoxy) is 2. The topological polar surface area (TPSA) is 42.5 Å². The normalized spacial score (nSPS) is 9.48. The summed E-state index contributed by atoms with van der Waals surface area (Å²) >= 11 is 0. The first-order valence-corrected chi connectivity index (χ1v) is 7.03. The summed E-state index contributed by atoms with van der Waals surface area (Å²) in [4.78, 5) is 0. The SMILES string of the molecule is CCNCCCNCc1ccc(OCC)c(OC)c1.Cl.Cl. The molecule has 1 aromatic carbocycles. The van der Waals surface area contributed by atoms with Crippen molar-refractivity contribution in [3.05, 3.63) is 23.8 Å². The number of rotatable bonds is 10. The lowest BCUT2D eigenvalue weighted by molar-refractivity contribution is 0.310. The Labute approximate surface area is 140 Å². The van der Waals surface area contributed by atoms with E-state index in [-0.39, 0.29) is 24.8 Å². The van der Waals surface area contributed by atoms with Crippen LogP contribution >= 0.6 is 24.8 Å². The highest BCUT2D eigenvalue weighted by Gasteiger charge is 2.04. The van der Waals surface area contributed by atoms with Crippen molar-refractivity contribution in [3.8, 4) is 11.5 Å². The van der Waals surface area contributed by atoms with E-state index in [0.717, 1.165) is 44.1 Å². The molecule has 0 unspecified atom stereocenters. The minimum Gasteiger partial charge on any atom is -0.493 e. The van der Waals surface area contributed by atoms with E-state index in [9.17, 15) is 0 Å². The zero-order valence-corrected chi connectivity index (χ0v) is 14.7. The van der Waals surface area contributed by atoms with Crippen LogP contribution in [-0.4, -0.2) is 33.4 Å². The van der Waals surface area contributed by atoms with E-state index < -0.39 is 0 Å². The van der Waals surface area contributed by atoms with Crippen LogP contribution in [0.5, 0.6) is 11.5 Å². The van der Waals surface area contributed by atoms with Crippen molar-refractivity contribution in [2.24, 2.45) is 0 Å². The van der Waals surface area contributed by atoms with Crippen LogP contribution in [-0.2, 0) is 6.54 Å². The molecule has 6 heteroatoms. The first-order chi connectivity index (χ1) is 9.31. The molecule has 124 valence electrons. The van der Waals surface area contributed by atoms with Crippen molar-refractivity contribution in [1.82, 2.24) is 10.6 Å². The fraction of sp³-hybridized carbons (Fsp3) is 0.600. The highest BCUT2D eigenvalue weighted by molar-refractivity contribution is 5.85. The molecule has 0 radical (unpaired) electrons. The molecule has 2 N–H and O–H groups in total. The monoisotopic (exact) mass is 338 g/mol. The first kappa shape index (κ1) is 22.6. The van der Waals surface area contributed by atoms with Crippen molar-refractivity contribution in [2.45, 2.75) is 26.8 Å². The molecule has 21 heavy (non-hydrogen) atoms. The van der Waals surface area contributed by atoms with Crippen LogP contribution in [0.1, 0.15) is 25.8 Å². The van der Waals surface area contributed by atoms with E-state index in [4.69, 9.17) is 9.47 Å². The Hall–Kier alpha value is -0.680. The van der Waals surface area contributed by atoms with Gasteiger partial charge in [0.25, 0.3) is 0 Å². The minimum absolute atomic E-state index is 0. The zero-order chi connectivity index (χ0) is 13.9. The van der Waals surface area contributed by atoms with Crippen molar-refractivity contribution in [2.75, 3.05) is 33.4 Å². The highest BCUT2D eigenvalue weighted by atomic mass is 35.5. The smallest absolute Gasteiger partial charge is 0.161 e. The maximum Gasteiger partial charge on any atom is 0.161 e. The second-order valence-electron chi connectivity index (χ2n) is 4.30. The lowest BCUT2D eigenvalue weighted by atomic mass is 10.2. The van der Waals surface area contributed by atoms with Crippen molar-refractivity contribution in [1.29, 1.82) is 0 Å². The predicted molar refractivity (Wildman–Crippen MR) is 93.5 cm³/mol. The second-order valence-corrected chi connectivity index (χ2v) is 4.30. The molecule has 0 aliphatic heterocycles. The summed E-state index contributed by atoms with van der Waals surface area (Å²) in [5.41, 5.74) is 1.21. The quantitative estimate of drug-likeness (QED) is 0.643. The van der Waals surface area contributed by atoms with Crippen molar-refractivity contribution in [3.63, 3.8) is 0 Å². The van der Waals surface area contributed by atoms with E-state index in [1.54, 1.807) is 7.11 Å². The molecule has 0 amide bonds. The Morgan fingerprint density at radius 2 is 1.71 bits per heavy atom. The molecule has 0 spiro atoms. The summed E-state index contributed by atoms with van der Waals surface area (Å²) in [5, 5.41) is 6.74. The number of halogens is 2. The van der Waals surface area contributed by atoms with Gasteiger partial charge in [0.05, 0.1) is 13.7 Å². The van der Waals surface area contributed by atoms with Gasteiger partial charge in [0.15, 0.2) is 11.5 Å². The summed E-state index contributed by atoms with van der Waals surface area (Å²) in [5.74, 6) is 1.61. The Morgan fingerprint density at radius 1 is 1.00 bits per heavy atom. The molecule has 0 aromatic heterocycles. The molecule has 0 atom stereocenters. The Bertz CT molecular complexity index is 366. The average Bonchev–Trinajstić information content (AvgIpc) is 2.44. The summed E-state index contributed by atoms with van der Waals surface area (Å²) in [6.07, 6.45) is 1.14. The second kappa shape index (κ2) is 14.3. The standard InChI is InChI=1S/C15H26N2O2.2ClH/c1-4-16-9-6-10-17-12-13-7-8-14(19-5-2)15(11-13)18-3;;/h7-8,11,16-17H,4-6,9-10,12H2,1-3H3;2*1H. The van der Waals surface area contributed by atoms with Gasteiger partial charge in [0, 0.05) is 6.54 Å². The zero-order valence-electron chi connectivity index (χ0n) is 13.1. The Morgan fingerprint density at radius 3 is 2.33 bits per heavy atom. The van der Waals surface area contributed by atoms with Crippen molar-refractivity contribution >= 4 is 24.8 Å². The van der Waals surface area contributed by atoms with Gasteiger partial charge in [-0.1, -0.05) is 13.0 Å². The molecule has 0 bridgehead atoms. The fourth-order valence-corrected chi connectivity index (χ4v) is 1.84. The fourth-order valence-electron chi connectivity index (χ4n) is 1.84. The van der Waals surface area contributed by atoms with E-state index in [2.05, 4.69) is 23.6 Å². The molecule has 0 fully saturated rings. The Balaban J connectivity index is 0. The predicted octanol–water partition coefficient (Wildman–Crippen LogP) is 3.03. The molecule has 1 aromatic rings. The van der Waals surface area contributed by atoms with Gasteiger partial charge in [0.1, 0.15) is 0 Å². The lowest BCUT2D eigenvalue weighted by Gasteiger charge is -2.11. The molecule has 0 heterocycles. The van der Waals surface area contributed by atoms with Crippen LogP contribution in [0.4, 0.5) is 0 Å². The highest BCUT2D eigenvalue weighted by Crippen LogP contribution is 2.27. The van der Waals surface area contributed by atoms with Gasteiger partial charge in [-0.15, -0.1) is 24.8 Å². The van der Waals surface area contributed by atoms with Gasteiger partial charge in [-0.3, -0.25) is 0 Å². The minimum atomic E-state index is 0. The summed E-state index contributed by atoms with van der Waals surface area (Å²) in [6.45, 7) is 8.72. The summed E-state index contributed by atoms with van der Waals surface area (Å²) in [6, 6.07) is 6.07. The van der Waals surface area contributed by atoms with Crippen LogP contribution in [0.15, 0.2) is 18.2 Å². The van der Waals surface area contributed by atoms with Crippen LogP contribution in [0.2, 0.25) is 0 Å². The largest absolute Gasteiger partial charge is 0.493 e. The van der Waals surface area contributed by atoms with Gasteiger partial charge in [0.2, 0.25) is 0 Å². The van der Waals surface area contributed by atoms with E-state index in [1.165, 1.54) is 5.56 Å². The van der Waals surface area contributed by atoms with E-state index >= 15 is 0 Å². The number of methoxy groups -OCH3 is 1. The summed E-state index contributed by atoms with van der Waals surface area (Å²) in [7, 11) is 1.67. The lowest BCUT2D eigenvalue weighted by Crippen LogP contribution is -2.21. The molecular weight excluding hydrogens is 311 g/mol. The number of benzene rings is 1. The van der Waals surface area contributed by atoms with Crippen LogP contribution in [0, 0.1) is 0 Å². The molecule has 0 aliphatic carbocycles. The van der Waals surface area contributed by atoms with Crippen LogP contribution in [0.25, 0.3) is 0 Å². The molecule has 0 aliphatic rings. The van der Waals surface area contributed by atoms with Gasteiger partial charge in [-0.2, -0.15) is 0 Å². The molecule has 4 nitrogen and oxygen atoms in total. The maximum absolute atomic E-state index is 5.50. The average molecular weight is 339 g/mol. The third-order valence-electron chi connectivity index (χ3n) is 2.81. The molecule has 0 saturated carbocycles.